The van der Waals surface area contributed by atoms with Crippen molar-refractivity contribution in [2.75, 3.05) is 13.2 Å². The van der Waals surface area contributed by atoms with Crippen molar-refractivity contribution in [2.45, 2.75) is 32.7 Å². The molecule has 1 aromatic carbocycles. The molecule has 0 bridgehead atoms. The zero-order valence-electron chi connectivity index (χ0n) is 13.4. The lowest BCUT2D eigenvalue weighted by molar-refractivity contribution is 0.203. The first-order valence-electron chi connectivity index (χ1n) is 8.30. The van der Waals surface area contributed by atoms with Gasteiger partial charge in [-0.15, -0.1) is 6.58 Å². The number of fused-ring (bicyclic) bond motifs is 1. The van der Waals surface area contributed by atoms with Crippen LogP contribution in [-0.2, 0) is 11.3 Å². The lowest BCUT2D eigenvalue weighted by atomic mass is 10.0. The monoisotopic (exact) mass is 295 g/mol. The Morgan fingerprint density at radius 3 is 2.86 bits per heavy atom. The molecule has 3 rings (SSSR count). The molecule has 0 aromatic heterocycles. The van der Waals surface area contributed by atoms with Gasteiger partial charge in [-0.3, -0.25) is 0 Å². The molecule has 2 aliphatic rings. The van der Waals surface area contributed by atoms with E-state index in [9.17, 15) is 0 Å². The van der Waals surface area contributed by atoms with Crippen molar-refractivity contribution >= 4 is 0 Å². The van der Waals surface area contributed by atoms with Crippen molar-refractivity contribution < 1.29 is 4.74 Å². The molecule has 22 heavy (non-hydrogen) atoms. The summed E-state index contributed by atoms with van der Waals surface area (Å²) in [6.07, 6.45) is 7.98. The number of benzene rings is 1. The Morgan fingerprint density at radius 2 is 2.14 bits per heavy atom. The van der Waals surface area contributed by atoms with E-state index in [0.29, 0.717) is 5.92 Å². The predicted octanol–water partition coefficient (Wildman–Crippen LogP) is 4.66. The molecule has 0 saturated heterocycles. The average molecular weight is 295 g/mol. The summed E-state index contributed by atoms with van der Waals surface area (Å²) in [5.74, 6) is 1.70. The molecule has 0 N–H and O–H groups in total. The Kier molecular flexibility index (Phi) is 4.67. The van der Waals surface area contributed by atoms with Crippen LogP contribution in [0.3, 0.4) is 0 Å². The van der Waals surface area contributed by atoms with E-state index in [2.05, 4.69) is 54.8 Å². The van der Waals surface area contributed by atoms with Gasteiger partial charge in [-0.05, 0) is 43.4 Å². The molecule has 1 saturated carbocycles. The topological polar surface area (TPSA) is 12.5 Å². The summed E-state index contributed by atoms with van der Waals surface area (Å²) in [5, 5.41) is 0. The van der Waals surface area contributed by atoms with Gasteiger partial charge in [0, 0.05) is 24.7 Å². The maximum atomic E-state index is 5.89. The molecule has 1 fully saturated rings. The minimum absolute atomic E-state index is 0.526. The van der Waals surface area contributed by atoms with E-state index < -0.39 is 0 Å². The fourth-order valence-corrected chi connectivity index (χ4v) is 3.60. The highest BCUT2D eigenvalue weighted by Crippen LogP contribution is 2.45. The Morgan fingerprint density at radius 1 is 1.32 bits per heavy atom. The Bertz CT molecular complexity index is 585. The first kappa shape index (κ1) is 15.0. The third-order valence-corrected chi connectivity index (χ3v) is 4.53. The van der Waals surface area contributed by atoms with Crippen LogP contribution < -0.4 is 0 Å². The number of rotatable bonds is 7. The van der Waals surface area contributed by atoms with Crippen molar-refractivity contribution in [3.63, 3.8) is 0 Å². The molecule has 0 amide bonds. The van der Waals surface area contributed by atoms with Crippen molar-refractivity contribution in [1.29, 1.82) is 0 Å². The Labute approximate surface area is 133 Å². The van der Waals surface area contributed by atoms with Crippen molar-refractivity contribution in [1.82, 2.24) is 4.90 Å². The van der Waals surface area contributed by atoms with Gasteiger partial charge in [0.1, 0.15) is 5.76 Å². The van der Waals surface area contributed by atoms with Gasteiger partial charge in [0.05, 0.1) is 6.61 Å². The van der Waals surface area contributed by atoms with E-state index in [1.54, 1.807) is 5.57 Å². The van der Waals surface area contributed by atoms with Gasteiger partial charge in [0.15, 0.2) is 0 Å². The largest absolute Gasteiger partial charge is 0.498 e. The number of hydrogen-bond donors (Lipinski definition) is 0. The van der Waals surface area contributed by atoms with Gasteiger partial charge in [-0.1, -0.05) is 36.4 Å². The summed E-state index contributed by atoms with van der Waals surface area (Å²) >= 11 is 0. The van der Waals surface area contributed by atoms with Gasteiger partial charge < -0.3 is 9.64 Å². The van der Waals surface area contributed by atoms with Crippen molar-refractivity contribution in [3.8, 4) is 0 Å². The molecular formula is C20H25NO. The van der Waals surface area contributed by atoms with E-state index in [4.69, 9.17) is 4.74 Å². The highest BCUT2D eigenvalue weighted by molar-refractivity contribution is 5.41. The first-order valence-corrected chi connectivity index (χ1v) is 8.30. The Balaban J connectivity index is 1.87. The second-order valence-corrected chi connectivity index (χ2v) is 5.99. The lowest BCUT2D eigenvalue weighted by Gasteiger charge is -2.25. The third-order valence-electron chi connectivity index (χ3n) is 4.53. The second kappa shape index (κ2) is 6.87. The molecule has 0 spiro atoms. The van der Waals surface area contributed by atoms with Gasteiger partial charge in [-0.2, -0.15) is 0 Å². The number of hydrogen-bond acceptors (Lipinski definition) is 2. The summed E-state index contributed by atoms with van der Waals surface area (Å²) in [6, 6.07) is 10.7. The smallest absolute Gasteiger partial charge is 0.105 e. The zero-order chi connectivity index (χ0) is 15.4. The molecular weight excluding hydrogens is 270 g/mol. The minimum Gasteiger partial charge on any atom is -0.498 e. The van der Waals surface area contributed by atoms with E-state index in [1.807, 2.05) is 6.08 Å². The van der Waals surface area contributed by atoms with E-state index in [1.165, 1.54) is 36.3 Å². The second-order valence-electron chi connectivity index (χ2n) is 5.99. The molecule has 2 aliphatic carbocycles. The quantitative estimate of drug-likeness (QED) is 0.678. The fraction of sp³-hybridized carbons (Fsp3) is 0.400. The normalized spacial score (nSPS) is 19.9. The lowest BCUT2D eigenvalue weighted by Crippen LogP contribution is -2.22. The van der Waals surface area contributed by atoms with Crippen LogP contribution in [0.25, 0.3) is 0 Å². The molecule has 0 heterocycles. The maximum absolute atomic E-state index is 5.89. The summed E-state index contributed by atoms with van der Waals surface area (Å²) in [4.78, 5) is 2.43. The highest BCUT2D eigenvalue weighted by atomic mass is 16.5. The van der Waals surface area contributed by atoms with Crippen LogP contribution in [-0.4, -0.2) is 18.1 Å². The summed E-state index contributed by atoms with van der Waals surface area (Å²) in [5.41, 5.74) is 4.28. The summed E-state index contributed by atoms with van der Waals surface area (Å²) in [7, 11) is 0. The van der Waals surface area contributed by atoms with Gasteiger partial charge in [0.2, 0.25) is 0 Å². The molecule has 1 atom stereocenters. The maximum Gasteiger partial charge on any atom is 0.105 e. The molecule has 0 unspecified atom stereocenters. The van der Waals surface area contributed by atoms with Crippen molar-refractivity contribution in [3.05, 3.63) is 71.7 Å². The number of ether oxygens (including phenoxy) is 1. The molecule has 0 radical (unpaired) electrons. The van der Waals surface area contributed by atoms with Crippen LogP contribution >= 0.6 is 0 Å². The standard InChI is InChI=1S/C20H25NO/c1-3-13-21(15-16-9-6-5-7-10-16)19-14-20(22-4-2)18-12-8-11-17(18)19/h3,5-7,9-10,14,18H,1,4,8,11-13,15H2,2H3/t18-/m1/s1. The zero-order valence-corrected chi connectivity index (χ0v) is 13.4. The van der Waals surface area contributed by atoms with Gasteiger partial charge in [0.25, 0.3) is 0 Å². The predicted molar refractivity (Wildman–Crippen MR) is 91.1 cm³/mol. The van der Waals surface area contributed by atoms with Crippen LogP contribution in [0, 0.1) is 5.92 Å². The van der Waals surface area contributed by atoms with E-state index in [0.717, 1.165) is 19.7 Å². The fourth-order valence-electron chi connectivity index (χ4n) is 3.60. The first-order chi connectivity index (χ1) is 10.8. The Hall–Kier alpha value is -1.96. The average Bonchev–Trinajstić information content (AvgIpc) is 3.12. The number of nitrogens with zero attached hydrogens (tertiary/aromatic N) is 1. The van der Waals surface area contributed by atoms with Crippen LogP contribution in [0.2, 0.25) is 0 Å². The van der Waals surface area contributed by atoms with Crippen LogP contribution in [0.5, 0.6) is 0 Å². The van der Waals surface area contributed by atoms with E-state index in [-0.39, 0.29) is 0 Å². The molecule has 2 nitrogen and oxygen atoms in total. The third kappa shape index (κ3) is 2.96. The summed E-state index contributed by atoms with van der Waals surface area (Å²) in [6.45, 7) is 8.56. The van der Waals surface area contributed by atoms with Crippen molar-refractivity contribution in [2.24, 2.45) is 5.92 Å². The van der Waals surface area contributed by atoms with Crippen LogP contribution in [0.15, 0.2) is 66.1 Å². The highest BCUT2D eigenvalue weighted by Gasteiger charge is 2.34. The van der Waals surface area contributed by atoms with Gasteiger partial charge in [-0.25, -0.2) is 0 Å². The summed E-state index contributed by atoms with van der Waals surface area (Å²) < 4.78 is 5.89. The SMILES string of the molecule is C=CCN(Cc1ccccc1)C1=C2CCC[C@H]2C(OCC)=C1. The minimum atomic E-state index is 0.526. The van der Waals surface area contributed by atoms with Gasteiger partial charge >= 0.3 is 0 Å². The molecule has 116 valence electrons. The molecule has 2 heteroatoms. The van der Waals surface area contributed by atoms with Crippen LogP contribution in [0.1, 0.15) is 31.7 Å². The molecule has 0 aliphatic heterocycles. The molecule has 1 aromatic rings. The number of allylic oxidation sites excluding steroid dienone is 2. The van der Waals surface area contributed by atoms with Crippen LogP contribution in [0.4, 0.5) is 0 Å². The van der Waals surface area contributed by atoms with E-state index >= 15 is 0 Å².